The summed E-state index contributed by atoms with van der Waals surface area (Å²) in [6.07, 6.45) is 0.838. The zero-order valence-corrected chi connectivity index (χ0v) is 16.0. The molecule has 3 aromatic carbocycles. The van der Waals surface area contributed by atoms with Gasteiger partial charge < -0.3 is 4.57 Å². The van der Waals surface area contributed by atoms with E-state index in [1.54, 1.807) is 0 Å². The monoisotopic (exact) mass is 390 g/mol. The molecule has 132 valence electrons. The molecule has 1 aliphatic heterocycles. The van der Waals surface area contributed by atoms with Gasteiger partial charge in [0.05, 0.1) is 11.4 Å². The minimum Gasteiger partial charge on any atom is -0.323 e. The summed E-state index contributed by atoms with van der Waals surface area (Å²) in [6.45, 7) is 0.823. The molecule has 1 aromatic heterocycles. The summed E-state index contributed by atoms with van der Waals surface area (Å²) in [6, 6.07) is 24.5. The highest BCUT2D eigenvalue weighted by atomic mass is 35.5. The zero-order valence-electron chi connectivity index (χ0n) is 14.5. The third-order valence-corrected chi connectivity index (χ3v) is 5.58. The van der Waals surface area contributed by atoms with Crippen molar-refractivity contribution < 1.29 is 0 Å². The number of nitrogens with zero attached hydrogens (tertiary/aromatic N) is 2. The Morgan fingerprint density at radius 3 is 1.96 bits per heavy atom. The van der Waals surface area contributed by atoms with Crippen molar-refractivity contribution in [3.63, 3.8) is 0 Å². The molecule has 0 amide bonds. The van der Waals surface area contributed by atoms with E-state index in [1.165, 1.54) is 11.1 Å². The molecule has 4 heteroatoms. The lowest BCUT2D eigenvalue weighted by Gasteiger charge is -2.20. The third kappa shape index (κ3) is 2.95. The van der Waals surface area contributed by atoms with Crippen LogP contribution in [0.5, 0.6) is 0 Å². The van der Waals surface area contributed by atoms with Gasteiger partial charge in [0.25, 0.3) is 0 Å². The van der Waals surface area contributed by atoms with Crippen molar-refractivity contribution in [1.82, 2.24) is 9.55 Å². The molecular weight excluding hydrogens is 375 g/mol. The average molecular weight is 391 g/mol. The van der Waals surface area contributed by atoms with E-state index in [0.717, 1.165) is 51.4 Å². The molecule has 0 unspecified atom stereocenters. The quantitative estimate of drug-likeness (QED) is 0.337. The van der Waals surface area contributed by atoms with Gasteiger partial charge in [0.1, 0.15) is 5.82 Å². The van der Waals surface area contributed by atoms with E-state index in [0.29, 0.717) is 0 Å². The SMILES string of the molecule is Clc1ccc(-c2nc3n(c2-c2ccc(Cl)cc2)Cc2ccccc2C3)cc1. The van der Waals surface area contributed by atoms with Crippen LogP contribution < -0.4 is 0 Å². The van der Waals surface area contributed by atoms with Gasteiger partial charge in [0.2, 0.25) is 0 Å². The predicted molar refractivity (Wildman–Crippen MR) is 111 cm³/mol. The van der Waals surface area contributed by atoms with Gasteiger partial charge >= 0.3 is 0 Å². The second-order valence-electron chi connectivity index (χ2n) is 6.77. The van der Waals surface area contributed by atoms with Gasteiger partial charge in [-0.25, -0.2) is 4.98 Å². The lowest BCUT2D eigenvalue weighted by Crippen LogP contribution is -2.14. The first-order valence-corrected chi connectivity index (χ1v) is 9.63. The second kappa shape index (κ2) is 6.56. The van der Waals surface area contributed by atoms with E-state index in [4.69, 9.17) is 28.2 Å². The van der Waals surface area contributed by atoms with E-state index in [9.17, 15) is 0 Å². The topological polar surface area (TPSA) is 17.8 Å². The Hall–Kier alpha value is -2.55. The molecule has 2 heterocycles. The molecular formula is C23H16Cl2N2. The van der Waals surface area contributed by atoms with Gasteiger partial charge in [-0.3, -0.25) is 0 Å². The first kappa shape index (κ1) is 16.6. The highest BCUT2D eigenvalue weighted by Crippen LogP contribution is 2.37. The van der Waals surface area contributed by atoms with Crippen LogP contribution in [0.3, 0.4) is 0 Å². The molecule has 0 N–H and O–H groups in total. The number of benzene rings is 3. The third-order valence-electron chi connectivity index (χ3n) is 5.08. The first-order valence-electron chi connectivity index (χ1n) is 8.87. The number of hydrogen-bond donors (Lipinski definition) is 0. The molecule has 0 aliphatic carbocycles. The molecule has 1 aliphatic rings. The van der Waals surface area contributed by atoms with Gasteiger partial charge in [-0.1, -0.05) is 71.7 Å². The molecule has 27 heavy (non-hydrogen) atoms. The Kier molecular flexibility index (Phi) is 4.04. The van der Waals surface area contributed by atoms with Crippen LogP contribution in [0.4, 0.5) is 0 Å². The van der Waals surface area contributed by atoms with Crippen molar-refractivity contribution in [3.05, 3.63) is 99.8 Å². The lowest BCUT2D eigenvalue weighted by molar-refractivity contribution is 0.706. The Morgan fingerprint density at radius 2 is 1.30 bits per heavy atom. The van der Waals surface area contributed by atoms with E-state index >= 15 is 0 Å². The van der Waals surface area contributed by atoms with Gasteiger partial charge in [-0.05, 0) is 35.4 Å². The zero-order chi connectivity index (χ0) is 18.4. The van der Waals surface area contributed by atoms with Crippen LogP contribution >= 0.6 is 23.2 Å². The summed E-state index contributed by atoms with van der Waals surface area (Å²) in [4.78, 5) is 5.04. The minimum atomic E-state index is 0.725. The molecule has 0 saturated heterocycles. The van der Waals surface area contributed by atoms with Crippen molar-refractivity contribution >= 4 is 23.2 Å². The molecule has 0 saturated carbocycles. The van der Waals surface area contributed by atoms with E-state index < -0.39 is 0 Å². The fourth-order valence-electron chi connectivity index (χ4n) is 3.74. The van der Waals surface area contributed by atoms with Gasteiger partial charge in [-0.15, -0.1) is 0 Å². The summed E-state index contributed by atoms with van der Waals surface area (Å²) in [5.41, 5.74) is 6.98. The maximum Gasteiger partial charge on any atom is 0.114 e. The van der Waals surface area contributed by atoms with Crippen LogP contribution in [0.15, 0.2) is 72.8 Å². The molecule has 2 nitrogen and oxygen atoms in total. The summed E-state index contributed by atoms with van der Waals surface area (Å²) in [5, 5.41) is 1.46. The minimum absolute atomic E-state index is 0.725. The summed E-state index contributed by atoms with van der Waals surface area (Å²) in [7, 11) is 0. The molecule has 5 rings (SSSR count). The number of aromatic nitrogens is 2. The van der Waals surface area contributed by atoms with Gasteiger partial charge in [-0.2, -0.15) is 0 Å². The van der Waals surface area contributed by atoms with Crippen LogP contribution in [0.2, 0.25) is 10.0 Å². The number of rotatable bonds is 2. The van der Waals surface area contributed by atoms with Crippen LogP contribution in [-0.4, -0.2) is 9.55 Å². The Bertz CT molecular complexity index is 1130. The highest BCUT2D eigenvalue weighted by Gasteiger charge is 2.24. The standard InChI is InChI=1S/C23H16Cl2N2/c24-19-9-5-15(6-10-19)22-23(16-7-11-20(25)12-8-16)27-14-18-4-2-1-3-17(18)13-21(27)26-22/h1-12H,13-14H2. The molecule has 0 atom stereocenters. The normalized spacial score (nSPS) is 12.5. The lowest BCUT2D eigenvalue weighted by atomic mass is 10.00. The summed E-state index contributed by atoms with van der Waals surface area (Å²) < 4.78 is 2.33. The van der Waals surface area contributed by atoms with E-state index in [-0.39, 0.29) is 0 Å². The maximum absolute atomic E-state index is 6.12. The summed E-state index contributed by atoms with van der Waals surface area (Å²) >= 11 is 12.2. The second-order valence-corrected chi connectivity index (χ2v) is 7.64. The largest absolute Gasteiger partial charge is 0.323 e. The fraction of sp³-hybridized carbons (Fsp3) is 0.0870. The van der Waals surface area contributed by atoms with Crippen LogP contribution in [0.1, 0.15) is 17.0 Å². The number of fused-ring (bicyclic) bond motifs is 2. The van der Waals surface area contributed by atoms with Crippen LogP contribution in [-0.2, 0) is 13.0 Å². The number of imidazole rings is 1. The Balaban J connectivity index is 1.73. The first-order chi connectivity index (χ1) is 13.2. The Morgan fingerprint density at radius 1 is 0.704 bits per heavy atom. The highest BCUT2D eigenvalue weighted by molar-refractivity contribution is 6.31. The van der Waals surface area contributed by atoms with Crippen molar-refractivity contribution in [1.29, 1.82) is 0 Å². The maximum atomic E-state index is 6.12. The number of hydrogen-bond acceptors (Lipinski definition) is 1. The molecule has 4 aromatic rings. The molecule has 0 spiro atoms. The van der Waals surface area contributed by atoms with Gasteiger partial charge in [0.15, 0.2) is 0 Å². The average Bonchev–Trinajstić information content (AvgIpc) is 3.05. The fourth-order valence-corrected chi connectivity index (χ4v) is 3.99. The smallest absolute Gasteiger partial charge is 0.114 e. The predicted octanol–water partition coefficient (Wildman–Crippen LogP) is 6.48. The molecule has 0 fully saturated rings. The van der Waals surface area contributed by atoms with E-state index in [1.807, 2.05) is 36.4 Å². The van der Waals surface area contributed by atoms with Gasteiger partial charge in [0, 0.05) is 34.1 Å². The van der Waals surface area contributed by atoms with Crippen LogP contribution in [0.25, 0.3) is 22.5 Å². The summed E-state index contributed by atoms with van der Waals surface area (Å²) in [5.74, 6) is 1.09. The van der Waals surface area contributed by atoms with E-state index in [2.05, 4.69) is 41.0 Å². The molecule has 0 radical (unpaired) electrons. The van der Waals surface area contributed by atoms with Crippen molar-refractivity contribution in [3.8, 4) is 22.5 Å². The number of halogens is 2. The Labute approximate surface area is 168 Å². The van der Waals surface area contributed by atoms with Crippen molar-refractivity contribution in [2.75, 3.05) is 0 Å². The van der Waals surface area contributed by atoms with Crippen LogP contribution in [0, 0.1) is 0 Å². The van der Waals surface area contributed by atoms with Crippen molar-refractivity contribution in [2.24, 2.45) is 0 Å². The van der Waals surface area contributed by atoms with Crippen molar-refractivity contribution in [2.45, 2.75) is 13.0 Å². The molecule has 0 bridgehead atoms.